The molecular weight excluding hydrogens is 462 g/mol. The Bertz CT molecular complexity index is 1190. The SMILES string of the molecule is Cc1ccc(C)c(N2C(=O)CN(S(=O)(=O)c3ccccc3)C[C@@]2(C)C(=O)NC2CCCCCC2)c1. The van der Waals surface area contributed by atoms with Gasteiger partial charge >= 0.3 is 0 Å². The van der Waals surface area contributed by atoms with Crippen molar-refractivity contribution in [3.05, 3.63) is 59.7 Å². The van der Waals surface area contributed by atoms with E-state index in [4.69, 9.17) is 0 Å². The van der Waals surface area contributed by atoms with Crippen molar-refractivity contribution in [1.29, 1.82) is 0 Å². The molecule has 2 aromatic carbocycles. The summed E-state index contributed by atoms with van der Waals surface area (Å²) in [6, 6.07) is 13.9. The summed E-state index contributed by atoms with van der Waals surface area (Å²) in [7, 11) is -3.96. The van der Waals surface area contributed by atoms with Crippen molar-refractivity contribution in [1.82, 2.24) is 9.62 Å². The Morgan fingerprint density at radius 2 is 1.66 bits per heavy atom. The second kappa shape index (κ2) is 10.1. The van der Waals surface area contributed by atoms with Crippen LogP contribution in [0.2, 0.25) is 0 Å². The summed E-state index contributed by atoms with van der Waals surface area (Å²) >= 11 is 0. The van der Waals surface area contributed by atoms with Crippen LogP contribution in [0.4, 0.5) is 5.69 Å². The minimum Gasteiger partial charge on any atom is -0.351 e. The molecule has 1 atom stereocenters. The van der Waals surface area contributed by atoms with Crippen LogP contribution >= 0.6 is 0 Å². The Balaban J connectivity index is 1.74. The van der Waals surface area contributed by atoms with Crippen molar-refractivity contribution in [2.75, 3.05) is 18.0 Å². The van der Waals surface area contributed by atoms with Crippen molar-refractivity contribution in [2.24, 2.45) is 0 Å². The monoisotopic (exact) mass is 497 g/mol. The largest absolute Gasteiger partial charge is 0.351 e. The predicted octanol–water partition coefficient (Wildman–Crippen LogP) is 3.94. The fraction of sp³-hybridized carbons (Fsp3) is 0.481. The lowest BCUT2D eigenvalue weighted by molar-refractivity contribution is -0.133. The van der Waals surface area contributed by atoms with Gasteiger partial charge in [0.05, 0.1) is 11.4 Å². The number of hydrogen-bond acceptors (Lipinski definition) is 4. The molecule has 0 unspecified atom stereocenters. The van der Waals surface area contributed by atoms with Gasteiger partial charge in [0.1, 0.15) is 5.54 Å². The summed E-state index contributed by atoms with van der Waals surface area (Å²) in [4.78, 5) is 29.2. The van der Waals surface area contributed by atoms with E-state index >= 15 is 0 Å². The van der Waals surface area contributed by atoms with Crippen LogP contribution in [0.15, 0.2) is 53.4 Å². The Hall–Kier alpha value is -2.71. The van der Waals surface area contributed by atoms with Gasteiger partial charge in [-0.25, -0.2) is 8.42 Å². The highest BCUT2D eigenvalue weighted by Gasteiger charge is 2.51. The highest BCUT2D eigenvalue weighted by molar-refractivity contribution is 7.89. The Morgan fingerprint density at radius 1 is 1.00 bits per heavy atom. The van der Waals surface area contributed by atoms with E-state index in [2.05, 4.69) is 5.32 Å². The Kier molecular flexibility index (Phi) is 7.33. The number of aryl methyl sites for hydroxylation is 2. The number of nitrogens with one attached hydrogen (secondary N) is 1. The van der Waals surface area contributed by atoms with Gasteiger partial charge in [-0.3, -0.25) is 14.5 Å². The van der Waals surface area contributed by atoms with E-state index in [0.717, 1.165) is 54.0 Å². The van der Waals surface area contributed by atoms with Crippen molar-refractivity contribution >= 4 is 27.5 Å². The third kappa shape index (κ3) is 5.14. The molecule has 188 valence electrons. The van der Waals surface area contributed by atoms with E-state index in [9.17, 15) is 18.0 Å². The number of hydrogen-bond donors (Lipinski definition) is 1. The molecule has 1 N–H and O–H groups in total. The van der Waals surface area contributed by atoms with Gasteiger partial charge < -0.3 is 5.32 Å². The summed E-state index contributed by atoms with van der Waals surface area (Å²) in [5.74, 6) is -0.727. The number of rotatable bonds is 5. The van der Waals surface area contributed by atoms with Crippen LogP contribution in [0.1, 0.15) is 56.6 Å². The standard InChI is InChI=1S/C27H35N3O4S/c1-20-15-16-21(2)24(17-20)30-25(31)18-29(35(33,34)23-13-9-6-10-14-23)19-27(30,3)26(32)28-22-11-7-4-5-8-12-22/h6,9-10,13-17,22H,4-5,7-8,11-12,18-19H2,1-3H3,(H,28,32)/t27-/m0/s1. The van der Waals surface area contributed by atoms with Gasteiger partial charge in [-0.05, 0) is 62.9 Å². The average molecular weight is 498 g/mol. The zero-order chi connectivity index (χ0) is 25.2. The Morgan fingerprint density at radius 3 is 2.31 bits per heavy atom. The molecule has 7 nitrogen and oxygen atoms in total. The predicted molar refractivity (Wildman–Crippen MR) is 137 cm³/mol. The van der Waals surface area contributed by atoms with E-state index in [0.29, 0.717) is 5.69 Å². The quantitative estimate of drug-likeness (QED) is 0.634. The minimum absolute atomic E-state index is 0.0264. The molecule has 0 bridgehead atoms. The van der Waals surface area contributed by atoms with Gasteiger partial charge in [0, 0.05) is 18.3 Å². The summed E-state index contributed by atoms with van der Waals surface area (Å²) in [5, 5.41) is 3.18. The summed E-state index contributed by atoms with van der Waals surface area (Å²) in [5.41, 5.74) is 1.06. The van der Waals surface area contributed by atoms with Crippen LogP contribution in [0.3, 0.4) is 0 Å². The molecular formula is C27H35N3O4S. The van der Waals surface area contributed by atoms with Crippen molar-refractivity contribution in [2.45, 2.75) is 75.8 Å². The number of amides is 2. The van der Waals surface area contributed by atoms with Crippen LogP contribution in [0.25, 0.3) is 0 Å². The smallest absolute Gasteiger partial charge is 0.247 e. The fourth-order valence-corrected chi connectivity index (χ4v) is 6.68. The molecule has 1 saturated heterocycles. The number of benzene rings is 2. The minimum atomic E-state index is -3.96. The zero-order valence-electron chi connectivity index (χ0n) is 20.8. The van der Waals surface area contributed by atoms with Gasteiger partial charge in [0.25, 0.3) is 0 Å². The molecule has 2 aromatic rings. The number of nitrogens with zero attached hydrogens (tertiary/aromatic N) is 2. The summed E-state index contributed by atoms with van der Waals surface area (Å²) in [6.45, 7) is 5.08. The molecule has 2 amide bonds. The molecule has 1 heterocycles. The summed E-state index contributed by atoms with van der Waals surface area (Å²) < 4.78 is 28.1. The third-order valence-corrected chi connectivity index (χ3v) is 9.01. The van der Waals surface area contributed by atoms with Crippen LogP contribution in [0.5, 0.6) is 0 Å². The summed E-state index contributed by atoms with van der Waals surface area (Å²) in [6.07, 6.45) is 6.20. The van der Waals surface area contributed by atoms with Gasteiger partial charge in [0.15, 0.2) is 0 Å². The maximum Gasteiger partial charge on any atom is 0.247 e. The van der Waals surface area contributed by atoms with E-state index < -0.39 is 21.5 Å². The highest BCUT2D eigenvalue weighted by atomic mass is 32.2. The number of carbonyl (C=O) groups is 2. The lowest BCUT2D eigenvalue weighted by Crippen LogP contribution is -2.70. The molecule has 1 saturated carbocycles. The first-order chi connectivity index (χ1) is 16.6. The highest BCUT2D eigenvalue weighted by Crippen LogP contribution is 2.35. The van der Waals surface area contributed by atoms with Crippen molar-refractivity contribution < 1.29 is 18.0 Å². The zero-order valence-corrected chi connectivity index (χ0v) is 21.6. The fourth-order valence-electron chi connectivity index (χ4n) is 5.18. The Labute approximate surface area is 208 Å². The number of carbonyl (C=O) groups excluding carboxylic acids is 2. The lowest BCUT2D eigenvalue weighted by atomic mass is 9.92. The van der Waals surface area contributed by atoms with Crippen LogP contribution in [-0.2, 0) is 19.6 Å². The molecule has 0 radical (unpaired) electrons. The van der Waals surface area contributed by atoms with E-state index in [1.165, 1.54) is 17.0 Å². The molecule has 1 aliphatic carbocycles. The van der Waals surface area contributed by atoms with E-state index in [-0.39, 0.29) is 29.9 Å². The van der Waals surface area contributed by atoms with Crippen LogP contribution < -0.4 is 10.2 Å². The van der Waals surface area contributed by atoms with Gasteiger partial charge in [-0.1, -0.05) is 56.0 Å². The van der Waals surface area contributed by atoms with Crippen LogP contribution in [-0.4, -0.2) is 49.2 Å². The molecule has 0 aromatic heterocycles. The molecule has 35 heavy (non-hydrogen) atoms. The average Bonchev–Trinajstić information content (AvgIpc) is 3.10. The van der Waals surface area contributed by atoms with Gasteiger partial charge in [-0.15, -0.1) is 0 Å². The van der Waals surface area contributed by atoms with E-state index in [1.54, 1.807) is 25.1 Å². The topological polar surface area (TPSA) is 86.8 Å². The molecule has 2 fully saturated rings. The number of piperazine rings is 1. The molecule has 4 rings (SSSR count). The molecule has 0 spiro atoms. The molecule has 8 heteroatoms. The van der Waals surface area contributed by atoms with Gasteiger partial charge in [0.2, 0.25) is 21.8 Å². The maximum absolute atomic E-state index is 13.9. The number of sulfonamides is 1. The second-order valence-electron chi connectivity index (χ2n) is 10.0. The first-order valence-corrected chi connectivity index (χ1v) is 13.8. The first kappa shape index (κ1) is 25.4. The number of anilines is 1. The van der Waals surface area contributed by atoms with E-state index in [1.807, 2.05) is 32.0 Å². The molecule has 1 aliphatic heterocycles. The third-order valence-electron chi connectivity index (χ3n) is 7.20. The molecule has 2 aliphatic rings. The first-order valence-electron chi connectivity index (χ1n) is 12.4. The lowest BCUT2D eigenvalue weighted by Gasteiger charge is -2.47. The second-order valence-corrected chi connectivity index (χ2v) is 12.0. The van der Waals surface area contributed by atoms with Crippen molar-refractivity contribution in [3.8, 4) is 0 Å². The van der Waals surface area contributed by atoms with Crippen LogP contribution in [0, 0.1) is 13.8 Å². The maximum atomic E-state index is 13.9. The van der Waals surface area contributed by atoms with Gasteiger partial charge in [-0.2, -0.15) is 4.31 Å². The van der Waals surface area contributed by atoms with Crippen molar-refractivity contribution in [3.63, 3.8) is 0 Å². The normalized spacial score (nSPS) is 22.6.